The average molecular weight is 260 g/mol. The Kier molecular flexibility index (Phi) is 4.18. The summed E-state index contributed by atoms with van der Waals surface area (Å²) in [7, 11) is 2.97. The van der Waals surface area contributed by atoms with Crippen LogP contribution in [0.1, 0.15) is 11.5 Å². The number of ether oxygens (including phenoxy) is 2. The lowest BCUT2D eigenvalue weighted by molar-refractivity contribution is -0.142. The second-order valence-corrected chi connectivity index (χ2v) is 4.09. The fourth-order valence-corrected chi connectivity index (χ4v) is 1.88. The van der Waals surface area contributed by atoms with E-state index < -0.39 is 0 Å². The van der Waals surface area contributed by atoms with Crippen LogP contribution in [0.15, 0.2) is 42.7 Å². The van der Waals surface area contributed by atoms with Gasteiger partial charge in [0.25, 0.3) is 0 Å². The monoisotopic (exact) mass is 260 g/mol. The molecular formula is C14H16N2O3. The first-order chi connectivity index (χ1) is 9.24. The predicted octanol–water partition coefficient (Wildman–Crippen LogP) is 1.85. The first-order valence-corrected chi connectivity index (χ1v) is 5.94. The summed E-state index contributed by atoms with van der Waals surface area (Å²) in [5.74, 6) is 0.00755. The van der Waals surface area contributed by atoms with Crippen molar-refractivity contribution in [2.24, 2.45) is 0 Å². The van der Waals surface area contributed by atoms with E-state index in [1.807, 2.05) is 30.3 Å². The number of rotatable bonds is 5. The number of nitrogens with zero attached hydrogens (tertiary/aromatic N) is 2. The van der Waals surface area contributed by atoms with Gasteiger partial charge in [-0.05, 0) is 5.56 Å². The summed E-state index contributed by atoms with van der Waals surface area (Å²) >= 11 is 0. The van der Waals surface area contributed by atoms with Crippen molar-refractivity contribution >= 4 is 5.97 Å². The van der Waals surface area contributed by atoms with Gasteiger partial charge in [-0.25, -0.2) is 0 Å². The summed E-state index contributed by atoms with van der Waals surface area (Å²) in [5.41, 5.74) is 0.906. The minimum absolute atomic E-state index is 0.277. The number of esters is 1. The van der Waals surface area contributed by atoms with Gasteiger partial charge in [0.2, 0.25) is 0 Å². The Morgan fingerprint density at radius 3 is 2.63 bits per heavy atom. The van der Waals surface area contributed by atoms with Gasteiger partial charge < -0.3 is 9.47 Å². The quantitative estimate of drug-likeness (QED) is 0.770. The highest BCUT2D eigenvalue weighted by Gasteiger charge is 2.22. The first kappa shape index (κ1) is 13.1. The molecule has 5 heteroatoms. The minimum atomic E-state index is -0.379. The van der Waals surface area contributed by atoms with Crippen LogP contribution in [0.4, 0.5) is 0 Å². The average Bonchev–Trinajstić information content (AvgIpc) is 2.92. The van der Waals surface area contributed by atoms with Gasteiger partial charge >= 0.3 is 5.97 Å². The van der Waals surface area contributed by atoms with Gasteiger partial charge in [-0.2, -0.15) is 5.10 Å². The molecule has 19 heavy (non-hydrogen) atoms. The summed E-state index contributed by atoms with van der Waals surface area (Å²) < 4.78 is 11.6. The molecule has 0 fully saturated rings. The van der Waals surface area contributed by atoms with Gasteiger partial charge in [0.1, 0.15) is 5.92 Å². The Morgan fingerprint density at radius 2 is 2.05 bits per heavy atom. The normalized spacial score (nSPS) is 11.9. The van der Waals surface area contributed by atoms with Crippen LogP contribution in [0.3, 0.4) is 0 Å². The van der Waals surface area contributed by atoms with Crippen molar-refractivity contribution in [1.29, 1.82) is 0 Å². The Hall–Kier alpha value is -2.30. The number of methoxy groups -OCH3 is 2. The molecule has 0 aliphatic heterocycles. The Labute approximate surface area is 111 Å². The van der Waals surface area contributed by atoms with Gasteiger partial charge in [-0.3, -0.25) is 9.48 Å². The van der Waals surface area contributed by atoms with E-state index in [1.54, 1.807) is 24.2 Å². The van der Waals surface area contributed by atoms with Crippen LogP contribution in [-0.2, 0) is 16.1 Å². The maximum absolute atomic E-state index is 11.9. The third-order valence-electron chi connectivity index (χ3n) is 2.90. The summed E-state index contributed by atoms with van der Waals surface area (Å²) in [4.78, 5) is 11.9. The Balaban J connectivity index is 2.21. The molecule has 0 amide bonds. The van der Waals surface area contributed by atoms with E-state index >= 15 is 0 Å². The van der Waals surface area contributed by atoms with E-state index in [0.29, 0.717) is 12.3 Å². The van der Waals surface area contributed by atoms with Crippen molar-refractivity contribution in [2.45, 2.75) is 12.5 Å². The lowest BCUT2D eigenvalue weighted by atomic mass is 9.99. The van der Waals surface area contributed by atoms with Crippen molar-refractivity contribution in [3.8, 4) is 5.75 Å². The molecule has 2 aromatic rings. The van der Waals surface area contributed by atoms with Gasteiger partial charge in [-0.15, -0.1) is 0 Å². The first-order valence-electron chi connectivity index (χ1n) is 5.94. The van der Waals surface area contributed by atoms with Gasteiger partial charge in [0, 0.05) is 0 Å². The molecule has 0 saturated heterocycles. The van der Waals surface area contributed by atoms with Gasteiger partial charge in [-0.1, -0.05) is 30.3 Å². The fraction of sp³-hybridized carbons (Fsp3) is 0.286. The molecule has 0 bridgehead atoms. The SMILES string of the molecule is COC(=O)C(Cn1cc(OC)cn1)c1ccccc1. The zero-order valence-corrected chi connectivity index (χ0v) is 10.9. The second-order valence-electron chi connectivity index (χ2n) is 4.09. The molecule has 1 aromatic carbocycles. The smallest absolute Gasteiger partial charge is 0.315 e. The van der Waals surface area contributed by atoms with Crippen LogP contribution in [0.25, 0.3) is 0 Å². The molecule has 5 nitrogen and oxygen atoms in total. The minimum Gasteiger partial charge on any atom is -0.493 e. The highest BCUT2D eigenvalue weighted by molar-refractivity contribution is 5.77. The van der Waals surface area contributed by atoms with E-state index in [1.165, 1.54) is 7.11 Å². The molecule has 0 aliphatic carbocycles. The summed E-state index contributed by atoms with van der Waals surface area (Å²) in [6.45, 7) is 0.417. The molecule has 0 spiro atoms. The highest BCUT2D eigenvalue weighted by atomic mass is 16.5. The topological polar surface area (TPSA) is 53.4 Å². The van der Waals surface area contributed by atoms with E-state index in [-0.39, 0.29) is 11.9 Å². The molecule has 1 atom stereocenters. The van der Waals surface area contributed by atoms with Crippen molar-refractivity contribution in [3.05, 3.63) is 48.3 Å². The number of carbonyl (C=O) groups excluding carboxylic acids is 1. The number of benzene rings is 1. The number of hydrogen-bond acceptors (Lipinski definition) is 4. The number of hydrogen-bond donors (Lipinski definition) is 0. The third kappa shape index (κ3) is 3.13. The molecule has 1 aromatic heterocycles. The lowest BCUT2D eigenvalue weighted by Gasteiger charge is -2.14. The van der Waals surface area contributed by atoms with Crippen LogP contribution >= 0.6 is 0 Å². The van der Waals surface area contributed by atoms with Crippen LogP contribution in [0.2, 0.25) is 0 Å². The summed E-state index contributed by atoms with van der Waals surface area (Å²) in [5, 5.41) is 4.15. The van der Waals surface area contributed by atoms with Crippen molar-refractivity contribution < 1.29 is 14.3 Å². The predicted molar refractivity (Wildman–Crippen MR) is 70.0 cm³/mol. The highest BCUT2D eigenvalue weighted by Crippen LogP contribution is 2.20. The fourth-order valence-electron chi connectivity index (χ4n) is 1.88. The summed E-state index contributed by atoms with van der Waals surface area (Å²) in [6.07, 6.45) is 3.36. The zero-order chi connectivity index (χ0) is 13.7. The molecule has 2 rings (SSSR count). The molecule has 0 radical (unpaired) electrons. The molecule has 0 saturated carbocycles. The van der Waals surface area contributed by atoms with Crippen LogP contribution in [0, 0.1) is 0 Å². The molecule has 1 unspecified atom stereocenters. The number of carbonyl (C=O) groups is 1. The molecular weight excluding hydrogens is 244 g/mol. The van der Waals surface area contributed by atoms with E-state index in [9.17, 15) is 4.79 Å². The maximum Gasteiger partial charge on any atom is 0.315 e. The van der Waals surface area contributed by atoms with Crippen molar-refractivity contribution in [1.82, 2.24) is 9.78 Å². The third-order valence-corrected chi connectivity index (χ3v) is 2.90. The maximum atomic E-state index is 11.9. The summed E-state index contributed by atoms with van der Waals surface area (Å²) in [6, 6.07) is 9.52. The second kappa shape index (κ2) is 6.04. The molecule has 0 N–H and O–H groups in total. The van der Waals surface area contributed by atoms with E-state index in [2.05, 4.69) is 5.10 Å². The Morgan fingerprint density at radius 1 is 1.32 bits per heavy atom. The molecule has 1 heterocycles. The van der Waals surface area contributed by atoms with Crippen molar-refractivity contribution in [2.75, 3.05) is 14.2 Å². The zero-order valence-electron chi connectivity index (χ0n) is 10.9. The molecule has 0 aliphatic rings. The van der Waals surface area contributed by atoms with E-state index in [4.69, 9.17) is 9.47 Å². The lowest BCUT2D eigenvalue weighted by Crippen LogP contribution is -2.20. The van der Waals surface area contributed by atoms with Gasteiger partial charge in [0.15, 0.2) is 5.75 Å². The van der Waals surface area contributed by atoms with Crippen LogP contribution in [-0.4, -0.2) is 30.0 Å². The standard InChI is InChI=1S/C14H16N2O3/c1-18-12-8-15-16(9-12)10-13(14(17)19-2)11-6-4-3-5-7-11/h3-9,13H,10H2,1-2H3. The van der Waals surface area contributed by atoms with Crippen LogP contribution < -0.4 is 4.74 Å². The van der Waals surface area contributed by atoms with Crippen LogP contribution in [0.5, 0.6) is 5.75 Å². The van der Waals surface area contributed by atoms with Gasteiger partial charge in [0.05, 0.1) is 33.2 Å². The number of aromatic nitrogens is 2. The molecule has 100 valence electrons. The largest absolute Gasteiger partial charge is 0.493 e. The van der Waals surface area contributed by atoms with E-state index in [0.717, 1.165) is 5.56 Å². The van der Waals surface area contributed by atoms with Crippen molar-refractivity contribution in [3.63, 3.8) is 0 Å². The Bertz CT molecular complexity index is 537.